The van der Waals surface area contributed by atoms with Gasteiger partial charge >= 0.3 is 0 Å². The lowest BCUT2D eigenvalue weighted by Crippen LogP contribution is -1.98. The molecule has 0 atom stereocenters. The van der Waals surface area contributed by atoms with E-state index in [0.29, 0.717) is 0 Å². The molecule has 3 heteroatoms. The van der Waals surface area contributed by atoms with E-state index in [0.717, 1.165) is 31.0 Å². The van der Waals surface area contributed by atoms with E-state index in [1.165, 1.54) is 4.88 Å². The highest BCUT2D eigenvalue weighted by atomic mass is 32.1. The fraction of sp³-hybridized carbons (Fsp3) is 0.286. The Morgan fingerprint density at radius 3 is 2.65 bits per heavy atom. The number of thiophene rings is 1. The van der Waals surface area contributed by atoms with E-state index in [9.17, 15) is 0 Å². The summed E-state index contributed by atoms with van der Waals surface area (Å²) in [5, 5.41) is 5.48. The number of hydrogen-bond donors (Lipinski definition) is 1. The van der Waals surface area contributed by atoms with Gasteiger partial charge in [-0.25, -0.2) is 0 Å². The second-order valence-electron chi connectivity index (χ2n) is 3.81. The van der Waals surface area contributed by atoms with Gasteiger partial charge in [0.15, 0.2) is 0 Å². The molecule has 0 saturated carbocycles. The zero-order valence-electron chi connectivity index (χ0n) is 9.98. The monoisotopic (exact) mass is 247 g/mol. The molecule has 2 rings (SSSR count). The lowest BCUT2D eigenvalue weighted by Gasteiger charge is -2.07. The van der Waals surface area contributed by atoms with Gasteiger partial charge in [-0.3, -0.25) is 0 Å². The summed E-state index contributed by atoms with van der Waals surface area (Å²) in [6.07, 6.45) is 1.04. The van der Waals surface area contributed by atoms with Crippen molar-refractivity contribution in [3.05, 3.63) is 46.7 Å². The highest BCUT2D eigenvalue weighted by molar-refractivity contribution is 7.09. The summed E-state index contributed by atoms with van der Waals surface area (Å²) >= 11 is 1.77. The molecule has 1 heterocycles. The smallest absolute Gasteiger partial charge is 0.119 e. The Bertz CT molecular complexity index is 422. The number of rotatable bonds is 6. The second-order valence-corrected chi connectivity index (χ2v) is 4.84. The highest BCUT2D eigenvalue weighted by Crippen LogP contribution is 2.17. The predicted octanol–water partition coefficient (Wildman–Crippen LogP) is 4.15. The third kappa shape index (κ3) is 3.79. The van der Waals surface area contributed by atoms with Gasteiger partial charge in [0, 0.05) is 17.1 Å². The minimum atomic E-state index is 0.780. The van der Waals surface area contributed by atoms with Gasteiger partial charge in [-0.15, -0.1) is 11.3 Å². The molecule has 0 saturated heterocycles. The van der Waals surface area contributed by atoms with Crippen molar-refractivity contribution in [1.82, 2.24) is 0 Å². The number of hydrogen-bond acceptors (Lipinski definition) is 3. The van der Waals surface area contributed by atoms with Gasteiger partial charge in [0.1, 0.15) is 5.75 Å². The maximum absolute atomic E-state index is 5.53. The molecule has 0 radical (unpaired) electrons. The average molecular weight is 247 g/mol. The number of nitrogens with one attached hydrogen (secondary N) is 1. The van der Waals surface area contributed by atoms with Crippen molar-refractivity contribution in [2.75, 3.05) is 11.9 Å². The van der Waals surface area contributed by atoms with Crippen LogP contribution in [0.2, 0.25) is 0 Å². The van der Waals surface area contributed by atoms with E-state index in [4.69, 9.17) is 4.74 Å². The maximum Gasteiger partial charge on any atom is 0.119 e. The standard InChI is InChI=1S/C14H17NOS/c1-2-9-16-13-7-5-12(6-8-13)15-11-14-4-3-10-17-14/h3-8,10,15H,2,9,11H2,1H3. The van der Waals surface area contributed by atoms with Gasteiger partial charge in [0.2, 0.25) is 0 Å². The Hall–Kier alpha value is -1.48. The first-order valence-corrected chi connectivity index (χ1v) is 6.75. The first-order chi connectivity index (χ1) is 8.38. The van der Waals surface area contributed by atoms with Crippen LogP contribution in [0.5, 0.6) is 5.75 Å². The fourth-order valence-electron chi connectivity index (χ4n) is 1.49. The van der Waals surface area contributed by atoms with Gasteiger partial charge in [-0.1, -0.05) is 13.0 Å². The molecule has 0 unspecified atom stereocenters. The topological polar surface area (TPSA) is 21.3 Å². The third-order valence-corrected chi connectivity index (χ3v) is 3.25. The van der Waals surface area contributed by atoms with Crippen molar-refractivity contribution in [3.63, 3.8) is 0 Å². The SMILES string of the molecule is CCCOc1ccc(NCc2cccs2)cc1. The molecule has 0 spiro atoms. The summed E-state index contributed by atoms with van der Waals surface area (Å²) in [7, 11) is 0. The van der Waals surface area contributed by atoms with Crippen LogP contribution in [-0.4, -0.2) is 6.61 Å². The first-order valence-electron chi connectivity index (χ1n) is 5.87. The van der Waals surface area contributed by atoms with Crippen LogP contribution in [0.4, 0.5) is 5.69 Å². The van der Waals surface area contributed by atoms with Crippen LogP contribution in [0.3, 0.4) is 0 Å². The van der Waals surface area contributed by atoms with Crippen LogP contribution in [0, 0.1) is 0 Å². The molecule has 90 valence electrons. The summed E-state index contributed by atoms with van der Waals surface area (Å²) in [5.41, 5.74) is 1.13. The van der Waals surface area contributed by atoms with Crippen molar-refractivity contribution >= 4 is 17.0 Å². The lowest BCUT2D eigenvalue weighted by molar-refractivity contribution is 0.317. The third-order valence-electron chi connectivity index (χ3n) is 2.37. The molecule has 1 aromatic carbocycles. The van der Waals surface area contributed by atoms with E-state index in [-0.39, 0.29) is 0 Å². The van der Waals surface area contributed by atoms with E-state index >= 15 is 0 Å². The minimum absolute atomic E-state index is 0.780. The van der Waals surface area contributed by atoms with Crippen molar-refractivity contribution in [2.24, 2.45) is 0 Å². The molecule has 0 aliphatic rings. The van der Waals surface area contributed by atoms with Crippen molar-refractivity contribution in [1.29, 1.82) is 0 Å². The van der Waals surface area contributed by atoms with Gasteiger partial charge in [-0.05, 0) is 42.1 Å². The number of anilines is 1. The maximum atomic E-state index is 5.53. The van der Waals surface area contributed by atoms with Crippen LogP contribution < -0.4 is 10.1 Å². The van der Waals surface area contributed by atoms with Gasteiger partial charge in [0.25, 0.3) is 0 Å². The van der Waals surface area contributed by atoms with Crippen molar-refractivity contribution < 1.29 is 4.74 Å². The molecule has 1 aromatic heterocycles. The van der Waals surface area contributed by atoms with Crippen LogP contribution in [0.15, 0.2) is 41.8 Å². The lowest BCUT2D eigenvalue weighted by atomic mass is 10.3. The Labute approximate surface area is 106 Å². The molecular formula is C14H17NOS. The van der Waals surface area contributed by atoms with Crippen molar-refractivity contribution in [2.45, 2.75) is 19.9 Å². The van der Waals surface area contributed by atoms with Crippen LogP contribution in [0.1, 0.15) is 18.2 Å². The zero-order valence-corrected chi connectivity index (χ0v) is 10.8. The number of ether oxygens (including phenoxy) is 1. The predicted molar refractivity (Wildman–Crippen MR) is 73.9 cm³/mol. The van der Waals surface area contributed by atoms with E-state index in [1.54, 1.807) is 11.3 Å². The number of benzene rings is 1. The molecule has 0 aliphatic carbocycles. The zero-order chi connectivity index (χ0) is 11.9. The molecular weight excluding hydrogens is 230 g/mol. The molecule has 2 nitrogen and oxygen atoms in total. The van der Waals surface area contributed by atoms with E-state index in [1.807, 2.05) is 12.1 Å². The van der Waals surface area contributed by atoms with Gasteiger partial charge < -0.3 is 10.1 Å². The van der Waals surface area contributed by atoms with Gasteiger partial charge in [0.05, 0.1) is 6.61 Å². The van der Waals surface area contributed by atoms with Crippen LogP contribution >= 0.6 is 11.3 Å². The van der Waals surface area contributed by atoms with Crippen LogP contribution in [-0.2, 0) is 6.54 Å². The quantitative estimate of drug-likeness (QED) is 0.828. The molecule has 2 aromatic rings. The Morgan fingerprint density at radius 1 is 1.18 bits per heavy atom. The van der Waals surface area contributed by atoms with E-state index < -0.39 is 0 Å². The van der Waals surface area contributed by atoms with Crippen LogP contribution in [0.25, 0.3) is 0 Å². The summed E-state index contributed by atoms with van der Waals surface area (Å²) < 4.78 is 5.53. The summed E-state index contributed by atoms with van der Waals surface area (Å²) in [4.78, 5) is 1.34. The highest BCUT2D eigenvalue weighted by Gasteiger charge is 1.96. The molecule has 0 aliphatic heterocycles. The summed E-state index contributed by atoms with van der Waals surface area (Å²) in [6, 6.07) is 12.3. The fourth-order valence-corrected chi connectivity index (χ4v) is 2.14. The Balaban J connectivity index is 1.85. The van der Waals surface area contributed by atoms with E-state index in [2.05, 4.69) is 41.9 Å². The van der Waals surface area contributed by atoms with Crippen molar-refractivity contribution in [3.8, 4) is 5.75 Å². The molecule has 17 heavy (non-hydrogen) atoms. The average Bonchev–Trinajstić information content (AvgIpc) is 2.88. The Kier molecular flexibility index (Phi) is 4.45. The normalized spacial score (nSPS) is 10.2. The molecule has 0 fully saturated rings. The van der Waals surface area contributed by atoms with Gasteiger partial charge in [-0.2, -0.15) is 0 Å². The minimum Gasteiger partial charge on any atom is -0.494 e. The second kappa shape index (κ2) is 6.30. The first kappa shape index (κ1) is 12.0. The molecule has 0 bridgehead atoms. The molecule has 0 amide bonds. The summed E-state index contributed by atoms with van der Waals surface area (Å²) in [6.45, 7) is 3.77. The largest absolute Gasteiger partial charge is 0.494 e. The Morgan fingerprint density at radius 2 is 2.00 bits per heavy atom. The molecule has 1 N–H and O–H groups in total. The summed E-state index contributed by atoms with van der Waals surface area (Å²) in [5.74, 6) is 0.938.